The highest BCUT2D eigenvalue weighted by Gasteiger charge is 2.55. The molecule has 0 saturated carbocycles. The first-order valence-electron chi connectivity index (χ1n) is 16.4. The number of pyridine rings is 1. The maximum atomic E-state index is 15.1. The molecule has 0 spiro atoms. The second kappa shape index (κ2) is 14.5. The Morgan fingerprint density at radius 3 is 2.34 bits per heavy atom. The maximum absolute atomic E-state index is 15.1. The van der Waals surface area contributed by atoms with Crippen LogP contribution < -0.4 is 16.4 Å². The van der Waals surface area contributed by atoms with Crippen LogP contribution in [0.3, 0.4) is 0 Å². The van der Waals surface area contributed by atoms with Gasteiger partial charge in [0.05, 0.1) is 27.8 Å². The minimum atomic E-state index is -4.12. The van der Waals surface area contributed by atoms with E-state index >= 15 is 8.78 Å². The second-order valence-electron chi connectivity index (χ2n) is 13.5. The number of anilines is 1. The Bertz CT molecular complexity index is 2300. The molecule has 2 unspecified atom stereocenters. The zero-order chi connectivity index (χ0) is 41.1. The Morgan fingerprint density at radius 2 is 1.71 bits per heavy atom. The number of nitrogens with zero attached hydrogens (tertiary/aromatic N) is 3. The lowest BCUT2D eigenvalue weighted by atomic mass is 9.89. The van der Waals surface area contributed by atoms with Crippen molar-refractivity contribution in [3.8, 4) is 23.0 Å². The summed E-state index contributed by atoms with van der Waals surface area (Å²) in [6, 6.07) is 5.48. The topological polar surface area (TPSA) is 135 Å². The Balaban J connectivity index is 1.50. The monoisotopic (exact) mass is 830 g/mol. The summed E-state index contributed by atoms with van der Waals surface area (Å²) >= 11 is 7.62. The van der Waals surface area contributed by atoms with Gasteiger partial charge in [0.1, 0.15) is 46.8 Å². The Kier molecular flexibility index (Phi) is 10.6. The van der Waals surface area contributed by atoms with Gasteiger partial charge in [-0.15, -0.1) is 0 Å². The van der Waals surface area contributed by atoms with Crippen molar-refractivity contribution in [2.24, 2.45) is 5.73 Å². The zero-order valence-electron chi connectivity index (χ0n) is 28.9. The first-order chi connectivity index (χ1) is 25.9. The van der Waals surface area contributed by atoms with E-state index in [2.05, 4.69) is 32.6 Å². The van der Waals surface area contributed by atoms with Crippen LogP contribution in [0.2, 0.25) is 0 Å². The van der Waals surface area contributed by atoms with Crippen molar-refractivity contribution in [2.45, 2.75) is 78.8 Å². The molecule has 9 nitrogen and oxygen atoms in total. The quantitative estimate of drug-likeness (QED) is 0.0589. The number of alkyl halides is 7. The van der Waals surface area contributed by atoms with Crippen molar-refractivity contribution in [1.82, 2.24) is 20.1 Å². The summed E-state index contributed by atoms with van der Waals surface area (Å²) in [5.74, 6) is -8.43. The third-order valence-corrected chi connectivity index (χ3v) is 10.0. The van der Waals surface area contributed by atoms with Crippen molar-refractivity contribution in [3.05, 3.63) is 93.7 Å². The van der Waals surface area contributed by atoms with Crippen LogP contribution in [0.15, 0.2) is 47.4 Å². The first kappa shape index (κ1) is 40.7. The molecule has 20 heteroatoms. The van der Waals surface area contributed by atoms with E-state index in [1.807, 2.05) is 0 Å². The van der Waals surface area contributed by atoms with E-state index in [9.17, 15) is 45.4 Å². The number of benzene rings is 2. The zero-order valence-corrected chi connectivity index (χ0v) is 30.5. The molecule has 1 aliphatic heterocycles. The number of amides is 2. The minimum Gasteiger partial charge on any atom is -0.378 e. The molecule has 2 atom stereocenters. The fraction of sp³-hybridized carbons (Fsp3) is 0.333. The first-order valence-corrected chi connectivity index (χ1v) is 17.6. The lowest BCUT2D eigenvalue weighted by Gasteiger charge is -2.29. The summed E-state index contributed by atoms with van der Waals surface area (Å²) in [5.41, 5.74) is -1.71. The minimum absolute atomic E-state index is 0.0142. The van der Waals surface area contributed by atoms with Crippen molar-refractivity contribution < 1.29 is 54.2 Å². The molecular formula is C36H28ClF9N6O3S. The molecule has 6 rings (SSSR count). The van der Waals surface area contributed by atoms with Gasteiger partial charge in [0.2, 0.25) is 10.2 Å². The fourth-order valence-electron chi connectivity index (χ4n) is 6.27. The summed E-state index contributed by atoms with van der Waals surface area (Å²) in [5, 5.41) is 18.8. The molecule has 0 bridgehead atoms. The molecule has 5 N–H and O–H groups in total. The third-order valence-electron chi connectivity index (χ3n) is 8.59. The predicted molar refractivity (Wildman–Crippen MR) is 185 cm³/mol. The molecule has 296 valence electrons. The average Bonchev–Trinajstić information content (AvgIpc) is 3.63. The van der Waals surface area contributed by atoms with E-state index in [0.29, 0.717) is 11.0 Å². The third kappa shape index (κ3) is 8.42. The van der Waals surface area contributed by atoms with E-state index < -0.39 is 112 Å². The molecule has 56 heavy (non-hydrogen) atoms. The Morgan fingerprint density at radius 1 is 1.05 bits per heavy atom. The number of fused-ring (bicyclic) bond motifs is 2. The molecular weight excluding hydrogens is 803 g/mol. The lowest BCUT2D eigenvalue weighted by molar-refractivity contribution is -0.123. The van der Waals surface area contributed by atoms with Gasteiger partial charge in [0.15, 0.2) is 0 Å². The van der Waals surface area contributed by atoms with Gasteiger partial charge in [-0.25, -0.2) is 35.7 Å². The van der Waals surface area contributed by atoms with Crippen molar-refractivity contribution >= 4 is 41.0 Å². The molecule has 4 aromatic rings. The standard InChI is InChI=1S/C36H28ClF9N6O3S/c1-33(2,55)5-8-36(37)50-32-24(56-36)14-20(17-3-4-22(40)21(12-17)31(47)54)27(49-32)23(11-16-9-18(38)13-19(39)10-16)48-25(53)15-52-29-26(28(51-52)30(41)42)34(43,44)6-7-35(29,45)46/h3-4,9-10,12-14,23,30,55H,6-7,11,15H2,1-2H3,(H2,47,54)(H,48,53)(H,49,50). The van der Waals surface area contributed by atoms with Crippen LogP contribution in [-0.2, 0) is 29.6 Å². The van der Waals surface area contributed by atoms with Gasteiger partial charge in [0.25, 0.3) is 24.2 Å². The number of rotatable bonds is 9. The van der Waals surface area contributed by atoms with Crippen molar-refractivity contribution in [1.29, 1.82) is 0 Å². The summed E-state index contributed by atoms with van der Waals surface area (Å²) in [4.78, 5) is 30.8. The summed E-state index contributed by atoms with van der Waals surface area (Å²) < 4.78 is 130. The van der Waals surface area contributed by atoms with Crippen molar-refractivity contribution in [3.63, 3.8) is 0 Å². The fourth-order valence-corrected chi connectivity index (χ4v) is 7.58. The van der Waals surface area contributed by atoms with Gasteiger partial charge < -0.3 is 21.5 Å². The Labute approximate surface area is 321 Å². The van der Waals surface area contributed by atoms with E-state index in [4.69, 9.17) is 17.3 Å². The number of carbonyl (C=O) groups is 2. The van der Waals surface area contributed by atoms with Gasteiger partial charge in [-0.1, -0.05) is 35.3 Å². The van der Waals surface area contributed by atoms with Gasteiger partial charge >= 0.3 is 0 Å². The molecule has 0 saturated heterocycles. The molecule has 2 aromatic heterocycles. The van der Waals surface area contributed by atoms with Gasteiger partial charge in [-0.3, -0.25) is 14.3 Å². The van der Waals surface area contributed by atoms with E-state index in [-0.39, 0.29) is 32.9 Å². The van der Waals surface area contributed by atoms with Crippen LogP contribution >= 0.6 is 23.4 Å². The number of aliphatic hydroxyl groups is 1. The van der Waals surface area contributed by atoms with Crippen LogP contribution in [0, 0.1) is 29.3 Å². The summed E-state index contributed by atoms with van der Waals surface area (Å²) in [7, 11) is 0. The number of aromatic nitrogens is 3. The molecule has 2 aliphatic rings. The number of thioether (sulfide) groups is 1. The lowest BCUT2D eigenvalue weighted by Crippen LogP contribution is -2.37. The van der Waals surface area contributed by atoms with Crippen LogP contribution in [0.4, 0.5) is 45.3 Å². The van der Waals surface area contributed by atoms with E-state index in [1.165, 1.54) is 26.0 Å². The molecule has 2 aromatic carbocycles. The normalized spacial score (nSPS) is 18.7. The maximum Gasteiger partial charge on any atom is 0.290 e. The largest absolute Gasteiger partial charge is 0.378 e. The van der Waals surface area contributed by atoms with Gasteiger partial charge in [-0.2, -0.15) is 13.9 Å². The number of primary amides is 1. The van der Waals surface area contributed by atoms with Crippen molar-refractivity contribution in [2.75, 3.05) is 5.32 Å². The molecule has 2 amide bonds. The highest BCUT2D eigenvalue weighted by Crippen LogP contribution is 2.53. The SMILES string of the molecule is CC(C)(O)C#CC1(Cl)Nc2nc(C(Cc3cc(F)cc(F)c3)NC(=O)Cn3nc(C(F)F)c4c3C(F)(F)CCC4(F)F)c(-c3ccc(F)c(C(N)=O)c3)cc2S1. The predicted octanol–water partition coefficient (Wildman–Crippen LogP) is 7.66. The van der Waals surface area contributed by atoms with E-state index in [1.54, 1.807) is 0 Å². The highest BCUT2D eigenvalue weighted by atomic mass is 35.5. The molecule has 1 aliphatic carbocycles. The number of hydrogen-bond acceptors (Lipinski definition) is 7. The van der Waals surface area contributed by atoms with E-state index in [0.717, 1.165) is 36.0 Å². The number of nitrogens with one attached hydrogen (secondary N) is 2. The second-order valence-corrected chi connectivity index (χ2v) is 15.6. The number of nitrogens with two attached hydrogens (primary N) is 1. The van der Waals surface area contributed by atoms with Gasteiger partial charge in [-0.05, 0) is 67.6 Å². The smallest absolute Gasteiger partial charge is 0.290 e. The summed E-state index contributed by atoms with van der Waals surface area (Å²) in [6.07, 6.45) is -7.11. The highest BCUT2D eigenvalue weighted by molar-refractivity contribution is 8.02. The van der Waals surface area contributed by atoms with Crippen LogP contribution in [-0.4, -0.2) is 41.6 Å². The summed E-state index contributed by atoms with van der Waals surface area (Å²) in [6.45, 7) is 1.49. The molecule has 0 fully saturated rings. The average molecular weight is 831 g/mol. The number of hydrogen-bond donors (Lipinski definition) is 4. The molecule has 0 radical (unpaired) electrons. The molecule has 3 heterocycles. The van der Waals surface area contributed by atoms with Crippen LogP contribution in [0.1, 0.15) is 77.7 Å². The number of halogens is 10. The van der Waals surface area contributed by atoms with Crippen LogP contribution in [0.5, 0.6) is 0 Å². The Hall–Kier alpha value is -4.93. The van der Waals surface area contributed by atoms with Crippen LogP contribution in [0.25, 0.3) is 11.1 Å². The number of carbonyl (C=O) groups excluding carboxylic acids is 2. The van der Waals surface area contributed by atoms with Gasteiger partial charge in [0, 0.05) is 24.5 Å².